The van der Waals surface area contributed by atoms with Gasteiger partial charge in [-0.2, -0.15) is 0 Å². The van der Waals surface area contributed by atoms with E-state index in [1.165, 1.54) is 32.1 Å². The molecule has 3 rings (SSSR count). The third kappa shape index (κ3) is 1.93. The topological polar surface area (TPSA) is 26.3 Å². The van der Waals surface area contributed by atoms with Gasteiger partial charge in [0.15, 0.2) is 0 Å². The second-order valence-electron chi connectivity index (χ2n) is 5.39. The van der Waals surface area contributed by atoms with E-state index >= 15 is 0 Å². The average molecular weight is 265 g/mol. The lowest BCUT2D eigenvalue weighted by Crippen LogP contribution is -2.05. The highest BCUT2D eigenvalue weighted by atomic mass is 35.5. The molecule has 0 saturated heterocycles. The number of hydrogen-bond donors (Lipinski definition) is 0. The van der Waals surface area contributed by atoms with Gasteiger partial charge in [0.2, 0.25) is 0 Å². The summed E-state index contributed by atoms with van der Waals surface area (Å²) in [5.41, 5.74) is 2.10. The minimum atomic E-state index is -0.182. The SMILES string of the molecule is C[C@H]1C(=O)Oc2cc(C3CCCCC3)c(Cl)cc21. The van der Waals surface area contributed by atoms with Gasteiger partial charge in [0.1, 0.15) is 5.75 Å². The predicted octanol–water partition coefficient (Wildman–Crippen LogP) is 4.41. The molecule has 0 bridgehead atoms. The van der Waals surface area contributed by atoms with Crippen LogP contribution in [0.4, 0.5) is 0 Å². The Balaban J connectivity index is 1.97. The molecule has 1 saturated carbocycles. The van der Waals surface area contributed by atoms with Crippen molar-refractivity contribution in [2.75, 3.05) is 0 Å². The first kappa shape index (κ1) is 12.0. The van der Waals surface area contributed by atoms with Crippen LogP contribution in [0.15, 0.2) is 12.1 Å². The number of carbonyl (C=O) groups excluding carboxylic acids is 1. The fraction of sp³-hybridized carbons (Fsp3) is 0.533. The number of benzene rings is 1. The van der Waals surface area contributed by atoms with Gasteiger partial charge < -0.3 is 4.74 Å². The maximum absolute atomic E-state index is 11.6. The number of halogens is 1. The largest absolute Gasteiger partial charge is 0.426 e. The monoisotopic (exact) mass is 264 g/mol. The first-order chi connectivity index (χ1) is 8.66. The molecule has 1 fully saturated rings. The minimum Gasteiger partial charge on any atom is -0.426 e. The lowest BCUT2D eigenvalue weighted by Gasteiger charge is -2.23. The van der Waals surface area contributed by atoms with E-state index in [0.717, 1.165) is 21.9 Å². The maximum Gasteiger partial charge on any atom is 0.318 e. The lowest BCUT2D eigenvalue weighted by molar-refractivity contribution is -0.133. The maximum atomic E-state index is 11.6. The summed E-state index contributed by atoms with van der Waals surface area (Å²) < 4.78 is 5.31. The molecule has 2 nitrogen and oxygen atoms in total. The van der Waals surface area contributed by atoms with Crippen molar-refractivity contribution in [2.24, 2.45) is 0 Å². The Morgan fingerprint density at radius 1 is 1.17 bits per heavy atom. The third-order valence-corrected chi connectivity index (χ3v) is 4.53. The molecule has 0 N–H and O–H groups in total. The van der Waals surface area contributed by atoms with Crippen LogP contribution in [0.3, 0.4) is 0 Å². The van der Waals surface area contributed by atoms with Gasteiger partial charge in [0, 0.05) is 10.6 Å². The van der Waals surface area contributed by atoms with E-state index in [4.69, 9.17) is 16.3 Å². The first-order valence-corrected chi connectivity index (χ1v) is 7.09. The second-order valence-corrected chi connectivity index (χ2v) is 5.80. The third-order valence-electron chi connectivity index (χ3n) is 4.20. The zero-order valence-electron chi connectivity index (χ0n) is 10.5. The second kappa shape index (κ2) is 4.58. The Hall–Kier alpha value is -1.02. The highest BCUT2D eigenvalue weighted by molar-refractivity contribution is 6.31. The fourth-order valence-electron chi connectivity index (χ4n) is 3.06. The van der Waals surface area contributed by atoms with E-state index in [9.17, 15) is 4.79 Å². The molecule has 1 atom stereocenters. The standard InChI is InChI=1S/C15H17ClO2/c1-9-11-7-13(16)12(8-14(11)18-15(9)17)10-5-3-2-4-6-10/h7-10H,2-6H2,1H3/t9-/m1/s1. The van der Waals surface area contributed by atoms with E-state index in [-0.39, 0.29) is 11.9 Å². The molecular formula is C15H17ClO2. The molecule has 1 heterocycles. The van der Waals surface area contributed by atoms with Crippen molar-refractivity contribution in [3.63, 3.8) is 0 Å². The predicted molar refractivity (Wildman–Crippen MR) is 71.3 cm³/mol. The molecule has 18 heavy (non-hydrogen) atoms. The van der Waals surface area contributed by atoms with E-state index < -0.39 is 0 Å². The molecule has 0 amide bonds. The first-order valence-electron chi connectivity index (χ1n) is 6.72. The quantitative estimate of drug-likeness (QED) is 0.555. The van der Waals surface area contributed by atoms with Crippen LogP contribution in [0, 0.1) is 0 Å². The van der Waals surface area contributed by atoms with Crippen LogP contribution in [0.1, 0.15) is 62.0 Å². The van der Waals surface area contributed by atoms with Crippen LogP contribution in [0.25, 0.3) is 0 Å². The summed E-state index contributed by atoms with van der Waals surface area (Å²) in [6, 6.07) is 3.92. The Morgan fingerprint density at radius 2 is 1.89 bits per heavy atom. The summed E-state index contributed by atoms with van der Waals surface area (Å²) in [5.74, 6) is 0.906. The van der Waals surface area contributed by atoms with Crippen molar-refractivity contribution in [1.82, 2.24) is 0 Å². The number of rotatable bonds is 1. The summed E-state index contributed by atoms with van der Waals surface area (Å²) in [4.78, 5) is 11.6. The summed E-state index contributed by atoms with van der Waals surface area (Å²) in [5, 5.41) is 0.797. The summed E-state index contributed by atoms with van der Waals surface area (Å²) >= 11 is 6.39. The Kier molecular flexibility index (Phi) is 3.06. The highest BCUT2D eigenvalue weighted by Gasteiger charge is 2.31. The molecular weight excluding hydrogens is 248 g/mol. The zero-order valence-corrected chi connectivity index (χ0v) is 11.3. The van der Waals surface area contributed by atoms with Gasteiger partial charge in [-0.05, 0) is 43.4 Å². The van der Waals surface area contributed by atoms with Gasteiger partial charge in [-0.25, -0.2) is 0 Å². The fourth-order valence-corrected chi connectivity index (χ4v) is 3.39. The van der Waals surface area contributed by atoms with Crippen molar-refractivity contribution >= 4 is 17.6 Å². The van der Waals surface area contributed by atoms with Gasteiger partial charge in [-0.3, -0.25) is 4.79 Å². The van der Waals surface area contributed by atoms with Gasteiger partial charge >= 0.3 is 5.97 Å². The molecule has 1 aromatic carbocycles. The van der Waals surface area contributed by atoms with E-state index in [1.54, 1.807) is 0 Å². The van der Waals surface area contributed by atoms with Crippen molar-refractivity contribution in [3.8, 4) is 5.75 Å². The number of fused-ring (bicyclic) bond motifs is 1. The van der Waals surface area contributed by atoms with Crippen molar-refractivity contribution in [3.05, 3.63) is 28.3 Å². The van der Waals surface area contributed by atoms with Crippen molar-refractivity contribution in [2.45, 2.75) is 50.9 Å². The number of hydrogen-bond acceptors (Lipinski definition) is 2. The van der Waals surface area contributed by atoms with Crippen LogP contribution >= 0.6 is 11.6 Å². The van der Waals surface area contributed by atoms with Crippen LogP contribution in [-0.4, -0.2) is 5.97 Å². The zero-order chi connectivity index (χ0) is 12.7. The Morgan fingerprint density at radius 3 is 2.61 bits per heavy atom. The molecule has 96 valence electrons. The van der Waals surface area contributed by atoms with Gasteiger partial charge in [-0.1, -0.05) is 30.9 Å². The number of esters is 1. The van der Waals surface area contributed by atoms with Crippen molar-refractivity contribution in [1.29, 1.82) is 0 Å². The van der Waals surface area contributed by atoms with Gasteiger partial charge in [-0.15, -0.1) is 0 Å². The van der Waals surface area contributed by atoms with Gasteiger partial charge in [0.05, 0.1) is 5.92 Å². The summed E-state index contributed by atoms with van der Waals surface area (Å²) in [7, 11) is 0. The number of carbonyl (C=O) groups is 1. The molecule has 0 unspecified atom stereocenters. The molecule has 1 aliphatic carbocycles. The molecule has 0 aromatic heterocycles. The van der Waals surface area contributed by atoms with Crippen LogP contribution in [-0.2, 0) is 4.79 Å². The molecule has 2 aliphatic rings. The molecule has 1 aromatic rings. The molecule has 3 heteroatoms. The van der Waals surface area contributed by atoms with Gasteiger partial charge in [0.25, 0.3) is 0 Å². The summed E-state index contributed by atoms with van der Waals surface area (Å²) in [6.45, 7) is 1.87. The van der Waals surface area contributed by atoms with Crippen LogP contribution in [0.2, 0.25) is 5.02 Å². The molecule has 0 spiro atoms. The smallest absolute Gasteiger partial charge is 0.318 e. The average Bonchev–Trinajstić information content (AvgIpc) is 2.66. The van der Waals surface area contributed by atoms with E-state index in [0.29, 0.717) is 5.92 Å². The molecule has 1 aliphatic heterocycles. The van der Waals surface area contributed by atoms with Crippen LogP contribution < -0.4 is 4.74 Å². The van der Waals surface area contributed by atoms with Crippen molar-refractivity contribution < 1.29 is 9.53 Å². The Bertz CT molecular complexity index is 490. The van der Waals surface area contributed by atoms with E-state index in [2.05, 4.69) is 0 Å². The Labute approximate surface area is 112 Å². The lowest BCUT2D eigenvalue weighted by atomic mass is 9.83. The highest BCUT2D eigenvalue weighted by Crippen LogP contribution is 2.43. The normalized spacial score (nSPS) is 23.9. The van der Waals surface area contributed by atoms with Crippen LogP contribution in [0.5, 0.6) is 5.75 Å². The van der Waals surface area contributed by atoms with E-state index in [1.807, 2.05) is 19.1 Å². The number of ether oxygens (including phenoxy) is 1. The molecule has 0 radical (unpaired) electrons. The summed E-state index contributed by atoms with van der Waals surface area (Å²) in [6.07, 6.45) is 6.26. The minimum absolute atomic E-state index is 0.165.